The molecule has 0 heterocycles. The maximum absolute atomic E-state index is 11.8. The number of phenolic OH excluding ortho intramolecular Hbond substituents is 1. The molecule has 2 N–H and O–H groups in total. The Labute approximate surface area is 96.4 Å². The van der Waals surface area contributed by atoms with Gasteiger partial charge in [-0.1, -0.05) is 20.3 Å². The van der Waals surface area contributed by atoms with E-state index < -0.39 is 10.0 Å². The van der Waals surface area contributed by atoms with Crippen LogP contribution in [0.4, 0.5) is 0 Å². The Hall–Kier alpha value is -1.07. The van der Waals surface area contributed by atoms with E-state index in [1.54, 1.807) is 0 Å². The van der Waals surface area contributed by atoms with Crippen molar-refractivity contribution in [2.45, 2.75) is 25.2 Å². The summed E-state index contributed by atoms with van der Waals surface area (Å²) in [7, 11) is -3.44. The molecule has 1 aromatic rings. The SMILES string of the molecule is CCC(C)CNS(=O)(=O)c1ccc(O)cc1. The molecule has 0 spiro atoms. The van der Waals surface area contributed by atoms with Crippen molar-refractivity contribution in [3.05, 3.63) is 24.3 Å². The van der Waals surface area contributed by atoms with Gasteiger partial charge in [-0.15, -0.1) is 0 Å². The maximum Gasteiger partial charge on any atom is 0.240 e. The maximum atomic E-state index is 11.8. The van der Waals surface area contributed by atoms with Crippen molar-refractivity contribution in [3.8, 4) is 5.75 Å². The largest absolute Gasteiger partial charge is 0.508 e. The fraction of sp³-hybridized carbons (Fsp3) is 0.455. The predicted molar refractivity (Wildman–Crippen MR) is 62.8 cm³/mol. The average molecular weight is 243 g/mol. The number of rotatable bonds is 5. The summed E-state index contributed by atoms with van der Waals surface area (Å²) in [5.41, 5.74) is 0. The third kappa shape index (κ3) is 3.50. The Morgan fingerprint density at radius 3 is 2.38 bits per heavy atom. The van der Waals surface area contributed by atoms with E-state index in [9.17, 15) is 8.42 Å². The van der Waals surface area contributed by atoms with Crippen molar-refractivity contribution < 1.29 is 13.5 Å². The van der Waals surface area contributed by atoms with E-state index in [4.69, 9.17) is 5.11 Å². The van der Waals surface area contributed by atoms with Gasteiger partial charge in [0.1, 0.15) is 5.75 Å². The lowest BCUT2D eigenvalue weighted by Crippen LogP contribution is -2.28. The van der Waals surface area contributed by atoms with Crippen LogP contribution < -0.4 is 4.72 Å². The monoisotopic (exact) mass is 243 g/mol. The minimum absolute atomic E-state index is 0.0564. The number of benzene rings is 1. The molecule has 5 heteroatoms. The standard InChI is InChI=1S/C11H17NO3S/c1-3-9(2)8-12-16(14,15)11-6-4-10(13)5-7-11/h4-7,9,12-13H,3,8H2,1-2H3. The van der Waals surface area contributed by atoms with Crippen LogP contribution in [0.3, 0.4) is 0 Å². The second-order valence-electron chi connectivity index (χ2n) is 3.86. The molecule has 0 saturated carbocycles. The van der Waals surface area contributed by atoms with Crippen molar-refractivity contribution in [2.24, 2.45) is 5.92 Å². The lowest BCUT2D eigenvalue weighted by Gasteiger charge is -2.10. The second-order valence-corrected chi connectivity index (χ2v) is 5.63. The van der Waals surface area contributed by atoms with Crippen LogP contribution in [-0.4, -0.2) is 20.1 Å². The van der Waals surface area contributed by atoms with Gasteiger partial charge in [0.15, 0.2) is 0 Å². The topological polar surface area (TPSA) is 66.4 Å². The Morgan fingerprint density at radius 2 is 1.88 bits per heavy atom. The van der Waals surface area contributed by atoms with Crippen molar-refractivity contribution >= 4 is 10.0 Å². The number of hydrogen-bond donors (Lipinski definition) is 2. The van der Waals surface area contributed by atoms with Crippen LogP contribution in [0.25, 0.3) is 0 Å². The molecule has 0 fully saturated rings. The first-order chi connectivity index (χ1) is 7.45. The summed E-state index contributed by atoms with van der Waals surface area (Å²) in [5.74, 6) is 0.368. The zero-order valence-electron chi connectivity index (χ0n) is 9.47. The molecule has 1 aromatic carbocycles. The summed E-state index contributed by atoms with van der Waals surface area (Å²) in [4.78, 5) is 0.175. The zero-order valence-corrected chi connectivity index (χ0v) is 10.3. The highest BCUT2D eigenvalue weighted by molar-refractivity contribution is 7.89. The zero-order chi connectivity index (χ0) is 12.2. The Morgan fingerprint density at radius 1 is 1.31 bits per heavy atom. The summed E-state index contributed by atoms with van der Waals surface area (Å²) >= 11 is 0. The fourth-order valence-corrected chi connectivity index (χ4v) is 2.27. The number of sulfonamides is 1. The fourth-order valence-electron chi connectivity index (χ4n) is 1.10. The quantitative estimate of drug-likeness (QED) is 0.827. The van der Waals surface area contributed by atoms with Gasteiger partial charge < -0.3 is 5.11 Å². The van der Waals surface area contributed by atoms with Gasteiger partial charge in [0, 0.05) is 6.54 Å². The summed E-state index contributed by atoms with van der Waals surface area (Å²) < 4.78 is 26.1. The van der Waals surface area contributed by atoms with Crippen LogP contribution in [0.1, 0.15) is 20.3 Å². The van der Waals surface area contributed by atoms with Gasteiger partial charge in [-0.25, -0.2) is 13.1 Å². The van der Waals surface area contributed by atoms with Crippen molar-refractivity contribution in [2.75, 3.05) is 6.54 Å². The minimum atomic E-state index is -3.44. The molecular formula is C11H17NO3S. The molecule has 16 heavy (non-hydrogen) atoms. The molecule has 0 aliphatic carbocycles. The lowest BCUT2D eigenvalue weighted by molar-refractivity contribution is 0.474. The number of nitrogens with one attached hydrogen (secondary N) is 1. The smallest absolute Gasteiger partial charge is 0.240 e. The van der Waals surface area contributed by atoms with Crippen LogP contribution in [0.15, 0.2) is 29.2 Å². The first-order valence-electron chi connectivity index (χ1n) is 5.24. The molecule has 1 unspecified atom stereocenters. The molecule has 4 nitrogen and oxygen atoms in total. The van der Waals surface area contributed by atoms with Crippen molar-refractivity contribution in [1.29, 1.82) is 0 Å². The van der Waals surface area contributed by atoms with E-state index in [0.29, 0.717) is 12.5 Å². The molecule has 1 atom stereocenters. The number of hydrogen-bond acceptors (Lipinski definition) is 3. The predicted octanol–water partition coefficient (Wildman–Crippen LogP) is 1.72. The highest BCUT2D eigenvalue weighted by atomic mass is 32.2. The van der Waals surface area contributed by atoms with Gasteiger partial charge in [0.2, 0.25) is 10.0 Å². The van der Waals surface area contributed by atoms with Crippen LogP contribution >= 0.6 is 0 Å². The van der Waals surface area contributed by atoms with Gasteiger partial charge in [-0.05, 0) is 30.2 Å². The summed E-state index contributed by atoms with van der Waals surface area (Å²) in [6.07, 6.45) is 0.929. The third-order valence-electron chi connectivity index (χ3n) is 2.47. The number of phenols is 1. The van der Waals surface area contributed by atoms with E-state index in [2.05, 4.69) is 4.72 Å². The summed E-state index contributed by atoms with van der Waals surface area (Å²) in [6.45, 7) is 4.43. The normalized spacial score (nSPS) is 13.6. The van der Waals surface area contributed by atoms with Crippen molar-refractivity contribution in [3.63, 3.8) is 0 Å². The highest BCUT2D eigenvalue weighted by Gasteiger charge is 2.14. The molecule has 0 amide bonds. The van der Waals surface area contributed by atoms with Gasteiger partial charge in [-0.2, -0.15) is 0 Å². The lowest BCUT2D eigenvalue weighted by atomic mass is 10.1. The van der Waals surface area contributed by atoms with E-state index in [-0.39, 0.29) is 10.6 Å². The van der Waals surface area contributed by atoms with E-state index >= 15 is 0 Å². The first-order valence-corrected chi connectivity index (χ1v) is 6.72. The Bertz CT molecular complexity index is 425. The molecular weight excluding hydrogens is 226 g/mol. The summed E-state index contributed by atoms with van der Waals surface area (Å²) in [5, 5.41) is 9.06. The van der Waals surface area contributed by atoms with Crippen LogP contribution in [-0.2, 0) is 10.0 Å². The van der Waals surface area contributed by atoms with Crippen LogP contribution in [0, 0.1) is 5.92 Å². The van der Waals surface area contributed by atoms with Crippen LogP contribution in [0.5, 0.6) is 5.75 Å². The van der Waals surface area contributed by atoms with Crippen molar-refractivity contribution in [1.82, 2.24) is 4.72 Å². The third-order valence-corrected chi connectivity index (χ3v) is 3.91. The number of aromatic hydroxyl groups is 1. The van der Waals surface area contributed by atoms with Gasteiger partial charge in [0.25, 0.3) is 0 Å². The van der Waals surface area contributed by atoms with Gasteiger partial charge in [0.05, 0.1) is 4.90 Å². The van der Waals surface area contributed by atoms with Gasteiger partial charge >= 0.3 is 0 Å². The molecule has 0 saturated heterocycles. The molecule has 0 aromatic heterocycles. The first kappa shape index (κ1) is 13.0. The average Bonchev–Trinajstić information content (AvgIpc) is 2.26. The van der Waals surface area contributed by atoms with Crippen LogP contribution in [0.2, 0.25) is 0 Å². The van der Waals surface area contributed by atoms with Gasteiger partial charge in [-0.3, -0.25) is 0 Å². The second kappa shape index (κ2) is 5.32. The molecule has 90 valence electrons. The Kier molecular flexibility index (Phi) is 4.32. The molecule has 0 aliphatic heterocycles. The molecule has 0 aliphatic rings. The van der Waals surface area contributed by atoms with E-state index in [0.717, 1.165) is 6.42 Å². The molecule has 1 rings (SSSR count). The highest BCUT2D eigenvalue weighted by Crippen LogP contribution is 2.14. The summed E-state index contributed by atoms with van der Waals surface area (Å²) in [6, 6.07) is 5.48. The molecule has 0 radical (unpaired) electrons. The van der Waals surface area contributed by atoms with E-state index in [1.807, 2.05) is 13.8 Å². The Balaban J connectivity index is 2.74. The van der Waals surface area contributed by atoms with E-state index in [1.165, 1.54) is 24.3 Å². The minimum Gasteiger partial charge on any atom is -0.508 e. The molecule has 0 bridgehead atoms.